The topological polar surface area (TPSA) is 58.6 Å². The Bertz CT molecular complexity index is 192. The first-order chi connectivity index (χ1) is 6.93. The highest BCUT2D eigenvalue weighted by molar-refractivity contribution is 5.75. The van der Waals surface area contributed by atoms with E-state index in [-0.39, 0.29) is 12.0 Å². The van der Waals surface area contributed by atoms with Gasteiger partial charge in [-0.25, -0.2) is 0 Å². The summed E-state index contributed by atoms with van der Waals surface area (Å²) in [6.07, 6.45) is 1.64. The largest absolute Gasteiger partial charge is 0.465 e. The molecule has 0 bridgehead atoms. The zero-order valence-corrected chi connectivity index (χ0v) is 10.2. The third-order valence-electron chi connectivity index (χ3n) is 2.22. The smallest absolute Gasteiger partial charge is 0.322 e. The second kappa shape index (κ2) is 6.80. The van der Waals surface area contributed by atoms with Gasteiger partial charge in [0.1, 0.15) is 6.04 Å². The summed E-state index contributed by atoms with van der Waals surface area (Å²) >= 11 is 0. The van der Waals surface area contributed by atoms with Crippen LogP contribution in [0.4, 0.5) is 0 Å². The van der Waals surface area contributed by atoms with E-state index in [9.17, 15) is 9.90 Å². The van der Waals surface area contributed by atoms with E-state index >= 15 is 0 Å². The van der Waals surface area contributed by atoms with Gasteiger partial charge in [-0.3, -0.25) is 4.79 Å². The van der Waals surface area contributed by atoms with Crippen LogP contribution >= 0.6 is 0 Å². The lowest BCUT2D eigenvalue weighted by Gasteiger charge is -2.24. The van der Waals surface area contributed by atoms with E-state index in [1.165, 1.54) is 0 Å². The average molecular weight is 217 g/mol. The van der Waals surface area contributed by atoms with Crippen molar-refractivity contribution in [2.24, 2.45) is 0 Å². The van der Waals surface area contributed by atoms with Gasteiger partial charge < -0.3 is 15.2 Å². The molecule has 0 heterocycles. The molecule has 0 rings (SSSR count). The minimum absolute atomic E-state index is 0.273. The van der Waals surface area contributed by atoms with Crippen molar-refractivity contribution < 1.29 is 14.6 Å². The molecule has 0 amide bonds. The lowest BCUT2D eigenvalue weighted by Crippen LogP contribution is -2.44. The summed E-state index contributed by atoms with van der Waals surface area (Å²) < 4.78 is 4.85. The highest BCUT2D eigenvalue weighted by Gasteiger charge is 2.22. The SMILES string of the molecule is CCCC(C)(O)CNC(C)C(=O)OCC. The number of nitrogens with one attached hydrogen (secondary N) is 1. The maximum atomic E-state index is 11.3. The van der Waals surface area contributed by atoms with Crippen LogP contribution in [0, 0.1) is 0 Å². The molecular weight excluding hydrogens is 194 g/mol. The van der Waals surface area contributed by atoms with Gasteiger partial charge in [0.2, 0.25) is 0 Å². The summed E-state index contributed by atoms with van der Waals surface area (Å²) in [5, 5.41) is 12.8. The van der Waals surface area contributed by atoms with E-state index in [2.05, 4.69) is 5.32 Å². The molecule has 4 nitrogen and oxygen atoms in total. The van der Waals surface area contributed by atoms with Gasteiger partial charge in [-0.1, -0.05) is 13.3 Å². The molecule has 2 atom stereocenters. The van der Waals surface area contributed by atoms with Gasteiger partial charge in [0.25, 0.3) is 0 Å². The minimum atomic E-state index is -0.754. The van der Waals surface area contributed by atoms with Crippen molar-refractivity contribution in [3.63, 3.8) is 0 Å². The third-order valence-corrected chi connectivity index (χ3v) is 2.22. The fourth-order valence-corrected chi connectivity index (χ4v) is 1.35. The van der Waals surface area contributed by atoms with E-state index in [1.54, 1.807) is 20.8 Å². The van der Waals surface area contributed by atoms with Gasteiger partial charge in [0.15, 0.2) is 0 Å². The highest BCUT2D eigenvalue weighted by atomic mass is 16.5. The van der Waals surface area contributed by atoms with E-state index in [4.69, 9.17) is 4.74 Å². The predicted octanol–water partition coefficient (Wildman–Crippen LogP) is 1.08. The van der Waals surface area contributed by atoms with Gasteiger partial charge in [-0.15, -0.1) is 0 Å². The van der Waals surface area contributed by atoms with Gasteiger partial charge in [0.05, 0.1) is 12.2 Å². The first-order valence-corrected chi connectivity index (χ1v) is 5.55. The molecule has 0 aliphatic rings. The standard InChI is InChI=1S/C11H23NO3/c1-5-7-11(4,14)8-12-9(3)10(13)15-6-2/h9,12,14H,5-8H2,1-4H3. The fraction of sp³-hybridized carbons (Fsp3) is 0.909. The van der Waals surface area contributed by atoms with E-state index in [0.29, 0.717) is 13.2 Å². The quantitative estimate of drug-likeness (QED) is 0.626. The molecule has 0 aliphatic carbocycles. The second-order valence-corrected chi connectivity index (χ2v) is 4.10. The molecule has 2 N–H and O–H groups in total. The van der Waals surface area contributed by atoms with Crippen LogP contribution in [0.25, 0.3) is 0 Å². The van der Waals surface area contributed by atoms with Gasteiger partial charge in [-0.2, -0.15) is 0 Å². The Morgan fingerprint density at radius 3 is 2.60 bits per heavy atom. The van der Waals surface area contributed by atoms with Crippen molar-refractivity contribution >= 4 is 5.97 Å². The summed E-state index contributed by atoms with van der Waals surface area (Å²) in [5.74, 6) is -0.273. The molecular formula is C11H23NO3. The zero-order chi connectivity index (χ0) is 11.9. The van der Waals surface area contributed by atoms with E-state index < -0.39 is 5.60 Å². The highest BCUT2D eigenvalue weighted by Crippen LogP contribution is 2.10. The van der Waals surface area contributed by atoms with Crippen molar-refractivity contribution in [2.75, 3.05) is 13.2 Å². The first-order valence-electron chi connectivity index (χ1n) is 5.55. The van der Waals surface area contributed by atoms with Crippen LogP contribution in [-0.4, -0.2) is 35.9 Å². The zero-order valence-electron chi connectivity index (χ0n) is 10.2. The lowest BCUT2D eigenvalue weighted by atomic mass is 10.0. The summed E-state index contributed by atoms with van der Waals surface area (Å²) in [4.78, 5) is 11.3. The van der Waals surface area contributed by atoms with Crippen molar-refractivity contribution in [2.45, 2.75) is 52.2 Å². The van der Waals surface area contributed by atoms with Crippen LogP contribution in [-0.2, 0) is 9.53 Å². The van der Waals surface area contributed by atoms with Gasteiger partial charge in [0, 0.05) is 6.54 Å². The number of rotatable bonds is 7. The van der Waals surface area contributed by atoms with Gasteiger partial charge >= 0.3 is 5.97 Å². The molecule has 4 heteroatoms. The molecule has 90 valence electrons. The minimum Gasteiger partial charge on any atom is -0.465 e. The number of hydrogen-bond acceptors (Lipinski definition) is 4. The monoisotopic (exact) mass is 217 g/mol. The van der Waals surface area contributed by atoms with Crippen LogP contribution < -0.4 is 5.32 Å². The maximum absolute atomic E-state index is 11.3. The third kappa shape index (κ3) is 6.47. The summed E-state index contributed by atoms with van der Waals surface area (Å²) in [5.41, 5.74) is -0.754. The van der Waals surface area contributed by atoms with Crippen LogP contribution in [0.15, 0.2) is 0 Å². The van der Waals surface area contributed by atoms with Crippen molar-refractivity contribution in [3.05, 3.63) is 0 Å². The molecule has 0 fully saturated rings. The normalized spacial score (nSPS) is 16.9. The number of hydrogen-bond donors (Lipinski definition) is 2. The molecule has 0 radical (unpaired) electrons. The number of carbonyl (C=O) groups is 1. The molecule has 15 heavy (non-hydrogen) atoms. The fourth-order valence-electron chi connectivity index (χ4n) is 1.35. The Hall–Kier alpha value is -0.610. The number of ether oxygens (including phenoxy) is 1. The average Bonchev–Trinajstić information content (AvgIpc) is 2.14. The molecule has 0 saturated carbocycles. The summed E-state index contributed by atoms with van der Waals surface area (Å²) in [6, 6.07) is -0.367. The Kier molecular flexibility index (Phi) is 6.52. The summed E-state index contributed by atoms with van der Waals surface area (Å²) in [6.45, 7) is 8.08. The Morgan fingerprint density at radius 1 is 1.53 bits per heavy atom. The van der Waals surface area contributed by atoms with Crippen molar-refractivity contribution in [1.82, 2.24) is 5.32 Å². The van der Waals surface area contributed by atoms with Crippen LogP contribution in [0.2, 0.25) is 0 Å². The Labute approximate surface area is 92.0 Å². The maximum Gasteiger partial charge on any atom is 0.322 e. The molecule has 0 spiro atoms. The molecule has 0 aromatic carbocycles. The summed E-state index contributed by atoms with van der Waals surface area (Å²) in [7, 11) is 0. The molecule has 2 unspecified atom stereocenters. The number of aliphatic hydroxyl groups is 1. The predicted molar refractivity (Wildman–Crippen MR) is 59.6 cm³/mol. The van der Waals surface area contributed by atoms with E-state index in [0.717, 1.165) is 12.8 Å². The second-order valence-electron chi connectivity index (χ2n) is 4.10. The Balaban J connectivity index is 3.88. The molecule has 0 aliphatic heterocycles. The molecule has 0 saturated heterocycles. The molecule has 0 aromatic heterocycles. The lowest BCUT2D eigenvalue weighted by molar-refractivity contribution is -0.145. The van der Waals surface area contributed by atoms with Crippen LogP contribution in [0.3, 0.4) is 0 Å². The van der Waals surface area contributed by atoms with Crippen molar-refractivity contribution in [1.29, 1.82) is 0 Å². The van der Waals surface area contributed by atoms with Crippen LogP contribution in [0.1, 0.15) is 40.5 Å². The van der Waals surface area contributed by atoms with Crippen molar-refractivity contribution in [3.8, 4) is 0 Å². The number of esters is 1. The van der Waals surface area contributed by atoms with Gasteiger partial charge in [-0.05, 0) is 27.2 Å². The van der Waals surface area contributed by atoms with E-state index in [1.807, 2.05) is 6.92 Å². The number of carbonyl (C=O) groups excluding carboxylic acids is 1. The first kappa shape index (κ1) is 14.4. The Morgan fingerprint density at radius 2 is 2.13 bits per heavy atom. The van der Waals surface area contributed by atoms with Crippen LogP contribution in [0.5, 0.6) is 0 Å². The molecule has 0 aromatic rings.